The van der Waals surface area contributed by atoms with Crippen molar-refractivity contribution in [3.63, 3.8) is 0 Å². The van der Waals surface area contributed by atoms with E-state index in [2.05, 4.69) is 10.4 Å². The van der Waals surface area contributed by atoms with Gasteiger partial charge in [0.25, 0.3) is 5.91 Å². The van der Waals surface area contributed by atoms with Gasteiger partial charge in [-0.3, -0.25) is 9.48 Å². The van der Waals surface area contributed by atoms with Crippen molar-refractivity contribution in [3.8, 4) is 0 Å². The van der Waals surface area contributed by atoms with Crippen LogP contribution in [0.4, 0.5) is 4.39 Å². The second-order valence-corrected chi connectivity index (χ2v) is 4.75. The lowest BCUT2D eigenvalue weighted by atomic mass is 10.2. The summed E-state index contributed by atoms with van der Waals surface area (Å²) in [5, 5.41) is 6.60. The van der Waals surface area contributed by atoms with Gasteiger partial charge in [0.15, 0.2) is 5.13 Å². The number of aromatic nitrogens is 2. The lowest BCUT2D eigenvalue weighted by Crippen LogP contribution is -2.26. The number of carbonyl (C=O) groups is 1. The second-order valence-electron chi connectivity index (χ2n) is 3.71. The fraction of sp³-hybridized carbons (Fsp3) is 0.273. The number of carbonyl (C=O) groups excluding carboxylic acids is 1. The molecule has 2 aromatic rings. The van der Waals surface area contributed by atoms with Crippen molar-refractivity contribution in [2.24, 2.45) is 7.05 Å². The zero-order chi connectivity index (χ0) is 12.4. The van der Waals surface area contributed by atoms with E-state index in [-0.39, 0.29) is 17.1 Å². The maximum absolute atomic E-state index is 12.8. The van der Waals surface area contributed by atoms with E-state index in [0.29, 0.717) is 4.88 Å². The van der Waals surface area contributed by atoms with Crippen LogP contribution in [0.15, 0.2) is 24.4 Å². The molecule has 0 saturated carbocycles. The highest BCUT2D eigenvalue weighted by Crippen LogP contribution is 2.16. The van der Waals surface area contributed by atoms with Crippen LogP contribution in [-0.2, 0) is 7.05 Å². The zero-order valence-corrected chi connectivity index (χ0v) is 10.3. The van der Waals surface area contributed by atoms with E-state index in [1.54, 1.807) is 4.68 Å². The molecule has 0 aliphatic heterocycles. The Morgan fingerprint density at radius 1 is 1.53 bits per heavy atom. The van der Waals surface area contributed by atoms with Gasteiger partial charge in [-0.1, -0.05) is 0 Å². The summed E-state index contributed by atoms with van der Waals surface area (Å²) in [6, 6.07) is 4.39. The predicted octanol–water partition coefficient (Wildman–Crippen LogP) is 2.11. The predicted molar refractivity (Wildman–Crippen MR) is 63.4 cm³/mol. The first-order valence-corrected chi connectivity index (χ1v) is 5.93. The molecule has 1 atom stereocenters. The monoisotopic (exact) mass is 253 g/mol. The normalized spacial score (nSPS) is 12.4. The van der Waals surface area contributed by atoms with Gasteiger partial charge in [-0.25, -0.2) is 0 Å². The molecule has 0 aliphatic rings. The molecule has 0 aliphatic carbocycles. The lowest BCUT2D eigenvalue weighted by molar-refractivity contribution is 0.0943. The average molecular weight is 253 g/mol. The molecule has 0 aromatic carbocycles. The van der Waals surface area contributed by atoms with Gasteiger partial charge in [0.05, 0.1) is 16.6 Å². The summed E-state index contributed by atoms with van der Waals surface area (Å²) >= 11 is 0.834. The first kappa shape index (κ1) is 11.8. The van der Waals surface area contributed by atoms with Crippen molar-refractivity contribution in [3.05, 3.63) is 40.1 Å². The Balaban J connectivity index is 2.04. The van der Waals surface area contributed by atoms with Crippen molar-refractivity contribution >= 4 is 17.2 Å². The third-order valence-corrected chi connectivity index (χ3v) is 3.19. The van der Waals surface area contributed by atoms with Crippen LogP contribution in [0.3, 0.4) is 0 Å². The van der Waals surface area contributed by atoms with E-state index in [1.165, 1.54) is 12.1 Å². The summed E-state index contributed by atoms with van der Waals surface area (Å²) in [5.41, 5.74) is 0.776. The molecular formula is C11H12FN3OS. The maximum atomic E-state index is 12.8. The minimum absolute atomic E-state index is 0.200. The third kappa shape index (κ3) is 2.71. The molecule has 6 heteroatoms. The minimum atomic E-state index is -0.361. The molecule has 2 heterocycles. The fourth-order valence-electron chi connectivity index (χ4n) is 1.44. The first-order valence-electron chi connectivity index (χ1n) is 5.12. The Kier molecular flexibility index (Phi) is 3.23. The summed E-state index contributed by atoms with van der Waals surface area (Å²) in [5.74, 6) is -0.281. The van der Waals surface area contributed by atoms with Crippen LogP contribution in [-0.4, -0.2) is 15.7 Å². The third-order valence-electron chi connectivity index (χ3n) is 2.32. The van der Waals surface area contributed by atoms with Gasteiger partial charge >= 0.3 is 0 Å². The smallest absolute Gasteiger partial charge is 0.261 e. The minimum Gasteiger partial charge on any atom is -0.343 e. The van der Waals surface area contributed by atoms with Crippen molar-refractivity contribution in [1.29, 1.82) is 0 Å². The Labute approximate surface area is 102 Å². The van der Waals surface area contributed by atoms with Crippen LogP contribution < -0.4 is 5.32 Å². The van der Waals surface area contributed by atoms with Gasteiger partial charge in [-0.2, -0.15) is 9.49 Å². The zero-order valence-electron chi connectivity index (χ0n) is 9.48. The largest absolute Gasteiger partial charge is 0.343 e. The topological polar surface area (TPSA) is 46.9 Å². The number of halogens is 1. The first-order chi connectivity index (χ1) is 8.06. The Morgan fingerprint density at radius 2 is 2.29 bits per heavy atom. The summed E-state index contributed by atoms with van der Waals surface area (Å²) < 4.78 is 14.4. The van der Waals surface area contributed by atoms with Gasteiger partial charge in [-0.15, -0.1) is 11.3 Å². The molecule has 4 nitrogen and oxygen atoms in total. The Morgan fingerprint density at radius 3 is 2.82 bits per heavy atom. The van der Waals surface area contributed by atoms with Gasteiger partial charge in [0, 0.05) is 13.2 Å². The van der Waals surface area contributed by atoms with E-state index in [9.17, 15) is 9.18 Å². The molecular weight excluding hydrogens is 241 g/mol. The number of rotatable bonds is 3. The molecule has 0 saturated heterocycles. The molecule has 1 amide bonds. The molecule has 0 fully saturated rings. The lowest BCUT2D eigenvalue weighted by Gasteiger charge is -2.10. The van der Waals surface area contributed by atoms with Crippen LogP contribution in [0.2, 0.25) is 0 Å². The van der Waals surface area contributed by atoms with Gasteiger partial charge in [0.2, 0.25) is 0 Å². The SMILES string of the molecule is C[C@H](NC(=O)c1ccc(F)s1)c1ccn(C)n1. The highest BCUT2D eigenvalue weighted by molar-refractivity contribution is 7.12. The molecule has 0 bridgehead atoms. The van der Waals surface area contributed by atoms with Crippen LogP contribution in [0.1, 0.15) is 28.3 Å². The van der Waals surface area contributed by atoms with Crippen LogP contribution in [0.25, 0.3) is 0 Å². The number of thiophene rings is 1. The van der Waals surface area contributed by atoms with Crippen molar-refractivity contribution < 1.29 is 9.18 Å². The number of hydrogen-bond acceptors (Lipinski definition) is 3. The molecule has 90 valence electrons. The highest BCUT2D eigenvalue weighted by atomic mass is 32.1. The fourth-order valence-corrected chi connectivity index (χ4v) is 2.08. The summed E-state index contributed by atoms with van der Waals surface area (Å²) in [4.78, 5) is 12.1. The van der Waals surface area contributed by atoms with E-state index in [1.807, 2.05) is 26.2 Å². The van der Waals surface area contributed by atoms with Crippen molar-refractivity contribution in [2.75, 3.05) is 0 Å². The molecule has 0 unspecified atom stereocenters. The molecule has 17 heavy (non-hydrogen) atoms. The number of nitrogens with zero attached hydrogens (tertiary/aromatic N) is 2. The number of aryl methyl sites for hydroxylation is 1. The van der Waals surface area contributed by atoms with Gasteiger partial charge in [0.1, 0.15) is 0 Å². The van der Waals surface area contributed by atoms with Crippen LogP contribution >= 0.6 is 11.3 Å². The number of nitrogens with one attached hydrogen (secondary N) is 1. The highest BCUT2D eigenvalue weighted by Gasteiger charge is 2.14. The summed E-state index contributed by atoms with van der Waals surface area (Å²) in [6.07, 6.45) is 1.81. The van der Waals surface area contributed by atoms with Gasteiger partial charge in [-0.05, 0) is 25.1 Å². The average Bonchev–Trinajstić information content (AvgIpc) is 2.87. The maximum Gasteiger partial charge on any atom is 0.261 e. The molecule has 0 spiro atoms. The van der Waals surface area contributed by atoms with E-state index >= 15 is 0 Å². The second kappa shape index (κ2) is 4.67. The standard InChI is InChI=1S/C11H12FN3OS/c1-7(8-5-6-15(2)14-8)13-11(16)9-3-4-10(12)17-9/h3-7H,1-2H3,(H,13,16)/t7-/m0/s1. The molecule has 1 N–H and O–H groups in total. The van der Waals surface area contributed by atoms with Crippen LogP contribution in [0, 0.1) is 5.13 Å². The van der Waals surface area contributed by atoms with Gasteiger partial charge < -0.3 is 5.32 Å². The Bertz CT molecular complexity index is 534. The van der Waals surface area contributed by atoms with E-state index in [0.717, 1.165) is 17.0 Å². The van der Waals surface area contributed by atoms with E-state index < -0.39 is 0 Å². The van der Waals surface area contributed by atoms with Crippen molar-refractivity contribution in [1.82, 2.24) is 15.1 Å². The Hall–Kier alpha value is -1.69. The molecule has 2 rings (SSSR count). The van der Waals surface area contributed by atoms with E-state index in [4.69, 9.17) is 0 Å². The quantitative estimate of drug-likeness (QED) is 0.910. The van der Waals surface area contributed by atoms with Crippen molar-refractivity contribution in [2.45, 2.75) is 13.0 Å². The number of amides is 1. The molecule has 2 aromatic heterocycles. The number of hydrogen-bond donors (Lipinski definition) is 1. The summed E-state index contributed by atoms with van der Waals surface area (Å²) in [6.45, 7) is 1.84. The van der Waals surface area contributed by atoms with Crippen LogP contribution in [0.5, 0.6) is 0 Å². The summed E-state index contributed by atoms with van der Waals surface area (Å²) in [7, 11) is 1.81. The molecule has 0 radical (unpaired) electrons.